The Morgan fingerprint density at radius 1 is 0.441 bits per heavy atom. The van der Waals surface area contributed by atoms with Crippen LogP contribution < -0.4 is 10.2 Å². The van der Waals surface area contributed by atoms with Gasteiger partial charge in [0, 0.05) is 37.6 Å². The molecule has 0 aliphatic rings. The van der Waals surface area contributed by atoms with Crippen LogP contribution in [0.25, 0.3) is 0 Å². The molecular weight excluding hydrogens is 866 g/mol. The third-order valence-corrected chi connectivity index (χ3v) is 10.9. The molecule has 0 fully saturated rings. The van der Waals surface area contributed by atoms with E-state index in [-0.39, 0.29) is 61.7 Å². The molecule has 2 rings (SSSR count). The number of benzene rings is 2. The van der Waals surface area contributed by atoms with Crippen LogP contribution in [0, 0.1) is 0 Å². The third kappa shape index (κ3) is 36.0. The van der Waals surface area contributed by atoms with Crippen LogP contribution in [0.1, 0.15) is 218 Å². The van der Waals surface area contributed by atoms with E-state index in [0.717, 1.165) is 101 Å². The minimum atomic E-state index is -1.05. The fourth-order valence-corrected chi connectivity index (χ4v) is 7.24. The summed E-state index contributed by atoms with van der Waals surface area (Å²) in [5, 5.41) is 43.0. The predicted molar refractivity (Wildman–Crippen MR) is 238 cm³/mol. The minimum absolute atomic E-state index is 0. The average molecular weight is 949 g/mol. The fourth-order valence-electron chi connectivity index (χ4n) is 7.24. The van der Waals surface area contributed by atoms with E-state index in [1.54, 1.807) is 0 Å². The molecule has 2 N–H and O–H groups in total. The van der Waals surface area contributed by atoms with Gasteiger partial charge in [-0.05, 0) is 62.5 Å². The second-order valence-electron chi connectivity index (χ2n) is 16.5. The number of carboxylic acid groups (broad SMARTS) is 2. The molecule has 0 aromatic heterocycles. The van der Waals surface area contributed by atoms with E-state index in [1.165, 1.54) is 51.4 Å². The molecule has 0 aliphatic heterocycles. The summed E-state index contributed by atoms with van der Waals surface area (Å²) in [6.45, 7) is 5.33. The zero-order valence-corrected chi connectivity index (χ0v) is 41.9. The molecule has 0 saturated heterocycles. The van der Waals surface area contributed by atoms with E-state index < -0.39 is 23.5 Å². The zero-order valence-electron chi connectivity index (χ0n) is 37.5. The molecule has 2 atom stereocenters. The summed E-state index contributed by atoms with van der Waals surface area (Å²) in [7, 11) is 0. The number of carbonyl (C=O) groups excluding carboxylic acids is 2. The predicted octanol–water partition coefficient (Wildman–Crippen LogP) is 10.6. The Morgan fingerprint density at radius 2 is 0.695 bits per heavy atom. The van der Waals surface area contributed by atoms with Crippen LogP contribution in [0.4, 0.5) is 0 Å². The zero-order chi connectivity index (χ0) is 42.4. The van der Waals surface area contributed by atoms with Gasteiger partial charge in [-0.25, -0.2) is 0 Å². The van der Waals surface area contributed by atoms with E-state index in [0.29, 0.717) is 51.7 Å². The van der Waals surface area contributed by atoms with Crippen molar-refractivity contribution in [2.24, 2.45) is 0 Å². The monoisotopic (exact) mass is 949 g/mol. The van der Waals surface area contributed by atoms with Gasteiger partial charge in [0.1, 0.15) is 0 Å². The van der Waals surface area contributed by atoms with Crippen molar-refractivity contribution in [2.75, 3.05) is 0 Å². The van der Waals surface area contributed by atoms with Crippen molar-refractivity contribution in [3.63, 3.8) is 0 Å². The van der Waals surface area contributed by atoms with E-state index in [1.807, 2.05) is 60.7 Å². The number of ether oxygens (including phenoxy) is 2. The Morgan fingerprint density at radius 3 is 0.966 bits per heavy atom. The Bertz CT molecular complexity index is 1140. The molecule has 0 spiro atoms. The number of carbonyl (C=O) groups is 2. The van der Waals surface area contributed by atoms with Gasteiger partial charge in [0.25, 0.3) is 0 Å². The Kier molecular flexibility index (Phi) is 38.8. The molecule has 0 saturated carbocycles. The summed E-state index contributed by atoms with van der Waals surface area (Å²) in [6.07, 6.45) is 28.8. The molecule has 2 aromatic rings. The van der Waals surface area contributed by atoms with Crippen LogP contribution in [0.3, 0.4) is 0 Å². The third-order valence-electron chi connectivity index (χ3n) is 10.9. The molecule has 8 nitrogen and oxygen atoms in total. The molecular formula is C50H82BaO8. The second kappa shape index (κ2) is 39.6. The van der Waals surface area contributed by atoms with Crippen molar-refractivity contribution in [2.45, 2.75) is 231 Å². The standard InChI is InChI=1S/2C25H42O4.Ba/c2*1-2-3-4-5-9-15-20-25(28,29-22-23-17-12-11-13-18-23)21-16-10-7-6-8-14-19-24(26)27;/h2*11-13,17-18,28H,2-10,14-16,19-22H2,1H3,(H,26,27);/q;;+2/p-2. The summed E-state index contributed by atoms with van der Waals surface area (Å²) in [5.74, 6) is -4.01. The van der Waals surface area contributed by atoms with Crippen molar-refractivity contribution < 1.29 is 39.5 Å². The van der Waals surface area contributed by atoms with Crippen LogP contribution in [0.5, 0.6) is 0 Å². The summed E-state index contributed by atoms with van der Waals surface area (Å²) in [5.41, 5.74) is 2.17. The van der Waals surface area contributed by atoms with Crippen LogP contribution in [-0.2, 0) is 32.3 Å². The Hall–Kier alpha value is -1.21. The normalized spacial score (nSPS) is 13.1. The number of hydrogen-bond donors (Lipinski definition) is 2. The molecule has 59 heavy (non-hydrogen) atoms. The molecule has 2 unspecified atom stereocenters. The number of carboxylic acids is 2. The summed E-state index contributed by atoms with van der Waals surface area (Å²) in [4.78, 5) is 20.8. The molecule has 0 aliphatic carbocycles. The second-order valence-corrected chi connectivity index (χ2v) is 16.5. The smallest absolute Gasteiger partial charge is 0.550 e. The van der Waals surface area contributed by atoms with Crippen molar-refractivity contribution >= 4 is 60.8 Å². The largest absolute Gasteiger partial charge is 2.00 e. The van der Waals surface area contributed by atoms with Crippen LogP contribution >= 0.6 is 0 Å². The molecule has 9 heteroatoms. The number of unbranched alkanes of at least 4 members (excludes halogenated alkanes) is 20. The Balaban J connectivity index is 0.00000112. The van der Waals surface area contributed by atoms with E-state index in [4.69, 9.17) is 9.47 Å². The summed E-state index contributed by atoms with van der Waals surface area (Å²) in [6, 6.07) is 20.0. The van der Waals surface area contributed by atoms with Gasteiger partial charge in [-0.1, -0.05) is 190 Å². The van der Waals surface area contributed by atoms with Gasteiger partial charge in [-0.15, -0.1) is 0 Å². The van der Waals surface area contributed by atoms with Gasteiger partial charge in [-0.2, -0.15) is 0 Å². The molecule has 0 amide bonds. The summed E-state index contributed by atoms with van der Waals surface area (Å²) < 4.78 is 12.0. The first-order valence-corrected chi connectivity index (χ1v) is 23.3. The molecule has 2 aromatic carbocycles. The SMILES string of the molecule is CCCCCCCCC(O)(CCCCCCCCC(=O)[O-])OCc1ccccc1.CCCCCCCCC(O)(CCCCCCCCC(=O)[O-])OCc1ccccc1.[Ba+2]. The maximum absolute atomic E-state index is 11.1. The first-order chi connectivity index (χ1) is 28.1. The molecule has 0 radical (unpaired) electrons. The van der Waals surface area contributed by atoms with Crippen LogP contribution in [-0.4, -0.2) is 82.6 Å². The van der Waals surface area contributed by atoms with Gasteiger partial charge < -0.3 is 39.5 Å². The van der Waals surface area contributed by atoms with E-state index >= 15 is 0 Å². The quantitative estimate of drug-likeness (QED) is 0.0385. The van der Waals surface area contributed by atoms with Gasteiger partial charge in [0.2, 0.25) is 0 Å². The van der Waals surface area contributed by atoms with Gasteiger partial charge in [0.15, 0.2) is 11.6 Å². The maximum Gasteiger partial charge on any atom is 2.00 e. The van der Waals surface area contributed by atoms with Crippen LogP contribution in [0.2, 0.25) is 0 Å². The number of aliphatic carboxylic acids is 2. The first-order valence-electron chi connectivity index (χ1n) is 23.3. The molecule has 332 valence electrons. The maximum atomic E-state index is 11.1. The number of hydrogen-bond acceptors (Lipinski definition) is 8. The van der Waals surface area contributed by atoms with Crippen LogP contribution in [0.15, 0.2) is 60.7 Å². The minimum Gasteiger partial charge on any atom is -0.550 e. The van der Waals surface area contributed by atoms with E-state index in [2.05, 4.69) is 13.8 Å². The van der Waals surface area contributed by atoms with Crippen molar-refractivity contribution in [1.29, 1.82) is 0 Å². The van der Waals surface area contributed by atoms with Gasteiger partial charge in [-0.3, -0.25) is 0 Å². The molecule has 0 heterocycles. The average Bonchev–Trinajstić information content (AvgIpc) is 3.22. The fraction of sp³-hybridized carbons (Fsp3) is 0.720. The van der Waals surface area contributed by atoms with Gasteiger partial charge >= 0.3 is 48.9 Å². The van der Waals surface area contributed by atoms with Crippen molar-refractivity contribution in [1.82, 2.24) is 0 Å². The Labute approximate surface area is 400 Å². The van der Waals surface area contributed by atoms with Crippen molar-refractivity contribution in [3.8, 4) is 0 Å². The summed E-state index contributed by atoms with van der Waals surface area (Å²) >= 11 is 0. The van der Waals surface area contributed by atoms with Gasteiger partial charge in [0.05, 0.1) is 13.2 Å². The molecule has 0 bridgehead atoms. The topological polar surface area (TPSA) is 139 Å². The first kappa shape index (κ1) is 57.8. The van der Waals surface area contributed by atoms with E-state index in [9.17, 15) is 30.0 Å². The number of aliphatic hydroxyl groups is 2. The van der Waals surface area contributed by atoms with Crippen molar-refractivity contribution in [3.05, 3.63) is 71.8 Å². The number of rotatable bonds is 38.